The highest BCUT2D eigenvalue weighted by molar-refractivity contribution is 6.33. The number of carbonyl (C=O) groups excluding carboxylic acids is 1. The number of aromatic nitrogens is 4. The number of benzene rings is 1. The van der Waals surface area contributed by atoms with Crippen LogP contribution in [0.15, 0.2) is 47.5 Å². The lowest BCUT2D eigenvalue weighted by atomic mass is 10.2. The van der Waals surface area contributed by atoms with E-state index in [0.29, 0.717) is 27.8 Å². The van der Waals surface area contributed by atoms with E-state index in [2.05, 4.69) is 15.4 Å². The molecule has 0 unspecified atom stereocenters. The number of ether oxygens (including phenoxy) is 1. The molecule has 1 aliphatic rings. The van der Waals surface area contributed by atoms with Crippen LogP contribution >= 0.6 is 11.6 Å². The van der Waals surface area contributed by atoms with Crippen molar-refractivity contribution in [3.8, 4) is 22.8 Å². The predicted octanol–water partition coefficient (Wildman–Crippen LogP) is 3.60. The molecule has 2 aromatic heterocycles. The second-order valence-corrected chi connectivity index (χ2v) is 8.57. The van der Waals surface area contributed by atoms with Gasteiger partial charge in [0.05, 0.1) is 16.8 Å². The van der Waals surface area contributed by atoms with Crippen molar-refractivity contribution in [3.63, 3.8) is 0 Å². The summed E-state index contributed by atoms with van der Waals surface area (Å²) in [6.45, 7) is 3.73. The van der Waals surface area contributed by atoms with Crippen LogP contribution in [0.4, 0.5) is 0 Å². The number of pyridine rings is 1. The van der Waals surface area contributed by atoms with Crippen molar-refractivity contribution < 1.29 is 9.53 Å². The molecule has 1 N–H and O–H groups in total. The van der Waals surface area contributed by atoms with Gasteiger partial charge < -0.3 is 10.1 Å². The summed E-state index contributed by atoms with van der Waals surface area (Å²) in [5.74, 6) is 0.814. The van der Waals surface area contributed by atoms with Gasteiger partial charge in [-0.3, -0.25) is 9.78 Å². The summed E-state index contributed by atoms with van der Waals surface area (Å²) in [5.41, 5.74) is 0.722. The molecule has 4 rings (SSSR count). The van der Waals surface area contributed by atoms with Gasteiger partial charge in [0.2, 0.25) is 5.91 Å². The monoisotopic (exact) mass is 455 g/mol. The third kappa shape index (κ3) is 4.85. The molecule has 1 aromatic carbocycles. The van der Waals surface area contributed by atoms with E-state index < -0.39 is 5.69 Å². The number of carbonyl (C=O) groups is 1. The standard InChI is InChI=1S/C23H26ClN5O3/c1-15(2)32-18-9-7-17(8-10-18)29-22(19-11-12-25-13-20(19)24)27-28(23(29)31)14-21(30)26-16-5-3-4-6-16/h7-13,15-16H,3-6,14H2,1-2H3,(H,26,30). The number of nitrogens with zero attached hydrogens (tertiary/aromatic N) is 4. The minimum absolute atomic E-state index is 0.0379. The van der Waals surface area contributed by atoms with Crippen LogP contribution in [0.25, 0.3) is 17.1 Å². The first-order valence-electron chi connectivity index (χ1n) is 10.8. The summed E-state index contributed by atoms with van der Waals surface area (Å²) < 4.78 is 8.32. The topological polar surface area (TPSA) is 91.0 Å². The van der Waals surface area contributed by atoms with Gasteiger partial charge in [0.1, 0.15) is 12.3 Å². The van der Waals surface area contributed by atoms with Crippen LogP contribution in [0.2, 0.25) is 5.02 Å². The van der Waals surface area contributed by atoms with Crippen molar-refractivity contribution in [3.05, 3.63) is 58.2 Å². The largest absolute Gasteiger partial charge is 0.491 e. The summed E-state index contributed by atoms with van der Waals surface area (Å²) >= 11 is 6.35. The van der Waals surface area contributed by atoms with E-state index in [0.717, 1.165) is 25.7 Å². The van der Waals surface area contributed by atoms with Crippen molar-refractivity contribution in [2.24, 2.45) is 0 Å². The lowest BCUT2D eigenvalue weighted by Gasteiger charge is -2.11. The highest BCUT2D eigenvalue weighted by Crippen LogP contribution is 2.27. The zero-order chi connectivity index (χ0) is 22.7. The molecule has 0 atom stereocenters. The van der Waals surface area contributed by atoms with Gasteiger partial charge in [0.25, 0.3) is 0 Å². The molecule has 0 aliphatic heterocycles. The van der Waals surface area contributed by atoms with Gasteiger partial charge in [-0.25, -0.2) is 14.0 Å². The second-order valence-electron chi connectivity index (χ2n) is 8.16. The lowest BCUT2D eigenvalue weighted by molar-refractivity contribution is -0.122. The Morgan fingerprint density at radius 2 is 1.94 bits per heavy atom. The van der Waals surface area contributed by atoms with Crippen LogP contribution in [0.3, 0.4) is 0 Å². The van der Waals surface area contributed by atoms with Crippen LogP contribution < -0.4 is 15.7 Å². The quantitative estimate of drug-likeness (QED) is 0.587. The molecular weight excluding hydrogens is 430 g/mol. The van der Waals surface area contributed by atoms with Crippen LogP contribution in [0.5, 0.6) is 5.75 Å². The average Bonchev–Trinajstić information content (AvgIpc) is 3.37. The maximum absolute atomic E-state index is 13.3. The molecule has 2 heterocycles. The first kappa shape index (κ1) is 22.1. The third-order valence-corrected chi connectivity index (χ3v) is 5.63. The number of amides is 1. The molecule has 8 nitrogen and oxygen atoms in total. The fourth-order valence-electron chi connectivity index (χ4n) is 3.90. The van der Waals surface area contributed by atoms with Crippen LogP contribution in [0, 0.1) is 0 Å². The third-order valence-electron chi connectivity index (χ3n) is 5.33. The van der Waals surface area contributed by atoms with Gasteiger partial charge >= 0.3 is 5.69 Å². The highest BCUT2D eigenvalue weighted by Gasteiger charge is 2.22. The van der Waals surface area contributed by atoms with Gasteiger partial charge in [-0.2, -0.15) is 0 Å². The van der Waals surface area contributed by atoms with Crippen LogP contribution in [-0.4, -0.2) is 37.4 Å². The summed E-state index contributed by atoms with van der Waals surface area (Å²) in [5, 5.41) is 7.83. The van der Waals surface area contributed by atoms with Crippen LogP contribution in [-0.2, 0) is 11.3 Å². The molecule has 0 saturated heterocycles. The SMILES string of the molecule is CC(C)Oc1ccc(-n2c(-c3ccncc3Cl)nn(CC(=O)NC3CCCC3)c2=O)cc1. The maximum Gasteiger partial charge on any atom is 0.351 e. The van der Waals surface area contributed by atoms with Crippen molar-refractivity contribution in [2.75, 3.05) is 0 Å². The van der Waals surface area contributed by atoms with E-state index in [1.165, 1.54) is 15.4 Å². The van der Waals surface area contributed by atoms with Gasteiger partial charge in [-0.1, -0.05) is 24.4 Å². The number of rotatable bonds is 7. The molecule has 32 heavy (non-hydrogen) atoms. The number of hydrogen-bond acceptors (Lipinski definition) is 5. The number of hydrogen-bond donors (Lipinski definition) is 1. The Morgan fingerprint density at radius 1 is 1.22 bits per heavy atom. The Balaban J connectivity index is 1.71. The van der Waals surface area contributed by atoms with Crippen molar-refractivity contribution in [2.45, 2.75) is 58.2 Å². The predicted molar refractivity (Wildman–Crippen MR) is 122 cm³/mol. The molecule has 0 spiro atoms. The van der Waals surface area contributed by atoms with Crippen molar-refractivity contribution in [1.82, 2.24) is 24.6 Å². The van der Waals surface area contributed by atoms with E-state index in [9.17, 15) is 9.59 Å². The summed E-state index contributed by atoms with van der Waals surface area (Å²) in [6.07, 6.45) is 7.28. The molecule has 1 saturated carbocycles. The van der Waals surface area contributed by atoms with Gasteiger partial charge in [-0.15, -0.1) is 5.10 Å². The van der Waals surface area contributed by atoms with Crippen LogP contribution in [0.1, 0.15) is 39.5 Å². The molecule has 0 bridgehead atoms. The Morgan fingerprint density at radius 3 is 2.59 bits per heavy atom. The lowest BCUT2D eigenvalue weighted by Crippen LogP contribution is -2.38. The Hall–Kier alpha value is -3.13. The molecule has 1 amide bonds. The van der Waals surface area contributed by atoms with Gasteiger partial charge in [-0.05, 0) is 57.0 Å². The normalized spacial score (nSPS) is 14.1. The van der Waals surface area contributed by atoms with E-state index in [4.69, 9.17) is 16.3 Å². The van der Waals surface area contributed by atoms with E-state index in [1.54, 1.807) is 36.5 Å². The van der Waals surface area contributed by atoms with Crippen molar-refractivity contribution >= 4 is 17.5 Å². The summed E-state index contributed by atoms with van der Waals surface area (Å²) in [6, 6.07) is 9.01. The number of nitrogens with one attached hydrogen (secondary N) is 1. The van der Waals surface area contributed by atoms with E-state index in [-0.39, 0.29) is 24.6 Å². The second kappa shape index (κ2) is 9.56. The smallest absolute Gasteiger partial charge is 0.351 e. The minimum Gasteiger partial charge on any atom is -0.491 e. The minimum atomic E-state index is -0.424. The Bertz CT molecular complexity index is 1150. The molecule has 9 heteroatoms. The Kier molecular flexibility index (Phi) is 6.60. The van der Waals surface area contributed by atoms with Gasteiger partial charge in [0, 0.05) is 24.0 Å². The highest BCUT2D eigenvalue weighted by atomic mass is 35.5. The average molecular weight is 456 g/mol. The molecular formula is C23H26ClN5O3. The molecule has 1 aliphatic carbocycles. The fourth-order valence-corrected chi connectivity index (χ4v) is 4.10. The summed E-state index contributed by atoms with van der Waals surface area (Å²) in [7, 11) is 0. The molecule has 1 fully saturated rings. The maximum atomic E-state index is 13.3. The van der Waals surface area contributed by atoms with Gasteiger partial charge in [0.15, 0.2) is 5.82 Å². The summed E-state index contributed by atoms with van der Waals surface area (Å²) in [4.78, 5) is 29.9. The first-order valence-corrected chi connectivity index (χ1v) is 11.2. The fraction of sp³-hybridized carbons (Fsp3) is 0.391. The van der Waals surface area contributed by atoms with E-state index >= 15 is 0 Å². The first-order chi connectivity index (χ1) is 15.4. The molecule has 3 aromatic rings. The van der Waals surface area contributed by atoms with Crippen molar-refractivity contribution in [1.29, 1.82) is 0 Å². The van der Waals surface area contributed by atoms with E-state index in [1.807, 2.05) is 13.8 Å². The zero-order valence-corrected chi connectivity index (χ0v) is 18.9. The molecule has 0 radical (unpaired) electrons. The Labute approximate surface area is 191 Å². The number of halogens is 1. The molecule has 168 valence electrons. The zero-order valence-electron chi connectivity index (χ0n) is 18.1.